The smallest absolute Gasteiger partial charge is 0.299 e. The summed E-state index contributed by atoms with van der Waals surface area (Å²) in [6.07, 6.45) is 0.910. The van der Waals surface area contributed by atoms with Gasteiger partial charge in [-0.15, -0.1) is 0 Å². The first-order valence-corrected chi connectivity index (χ1v) is 7.58. The second kappa shape index (κ2) is 6.07. The highest BCUT2D eigenvalue weighted by atomic mass is 16.2. The van der Waals surface area contributed by atoms with Crippen molar-refractivity contribution >= 4 is 5.91 Å². The van der Waals surface area contributed by atoms with Crippen molar-refractivity contribution in [3.63, 3.8) is 0 Å². The van der Waals surface area contributed by atoms with E-state index in [1.807, 2.05) is 36.9 Å². The number of benzene rings is 2. The lowest BCUT2D eigenvalue weighted by Crippen LogP contribution is -2.35. The Morgan fingerprint density at radius 1 is 1.05 bits per heavy atom. The summed E-state index contributed by atoms with van der Waals surface area (Å²) < 4.78 is 0. The molecule has 22 heavy (non-hydrogen) atoms. The van der Waals surface area contributed by atoms with Gasteiger partial charge in [-0.3, -0.25) is 4.79 Å². The first-order valence-electron chi connectivity index (χ1n) is 7.58. The molecule has 0 radical (unpaired) electrons. The fourth-order valence-corrected chi connectivity index (χ4v) is 2.92. The van der Waals surface area contributed by atoms with Crippen LogP contribution in [0.3, 0.4) is 0 Å². The third kappa shape index (κ3) is 3.20. The molecule has 2 aromatic rings. The van der Waals surface area contributed by atoms with Crippen molar-refractivity contribution in [1.29, 1.82) is 0 Å². The van der Waals surface area contributed by atoms with E-state index in [0.717, 1.165) is 18.5 Å². The van der Waals surface area contributed by atoms with Crippen molar-refractivity contribution < 1.29 is 4.79 Å². The Bertz CT molecular complexity index is 760. The molecule has 0 aromatic heterocycles. The van der Waals surface area contributed by atoms with Crippen LogP contribution < -0.4 is 0 Å². The summed E-state index contributed by atoms with van der Waals surface area (Å²) in [6.45, 7) is 5.50. The maximum atomic E-state index is 12.3. The summed E-state index contributed by atoms with van der Waals surface area (Å²) in [5, 5.41) is 0. The van der Waals surface area contributed by atoms with Crippen LogP contribution in [-0.4, -0.2) is 17.4 Å². The minimum atomic E-state index is -0.0892. The number of rotatable bonds is 0. The highest BCUT2D eigenvalue weighted by molar-refractivity contribution is 5.94. The number of hydrogen-bond donors (Lipinski definition) is 0. The molecule has 1 aliphatic rings. The van der Waals surface area contributed by atoms with Gasteiger partial charge in [0.25, 0.3) is 5.91 Å². The molecule has 110 valence electrons. The zero-order valence-corrected chi connectivity index (χ0v) is 13.0. The maximum Gasteiger partial charge on any atom is 0.299 e. The third-order valence-electron chi connectivity index (χ3n) is 3.95. The van der Waals surface area contributed by atoms with Gasteiger partial charge in [0.1, 0.15) is 0 Å². The van der Waals surface area contributed by atoms with Gasteiger partial charge in [-0.2, -0.15) is 0 Å². The van der Waals surface area contributed by atoms with Crippen LogP contribution in [0.1, 0.15) is 27.8 Å². The van der Waals surface area contributed by atoms with Gasteiger partial charge in [0.15, 0.2) is 0 Å². The van der Waals surface area contributed by atoms with Crippen LogP contribution in [0.4, 0.5) is 0 Å². The zero-order chi connectivity index (χ0) is 15.5. The number of fused-ring (bicyclic) bond motifs is 1. The molecule has 2 nitrogen and oxygen atoms in total. The minimum Gasteiger partial charge on any atom is -0.327 e. The van der Waals surface area contributed by atoms with E-state index in [1.54, 1.807) is 0 Å². The van der Waals surface area contributed by atoms with Gasteiger partial charge in [0, 0.05) is 24.6 Å². The van der Waals surface area contributed by atoms with E-state index in [9.17, 15) is 4.79 Å². The Morgan fingerprint density at radius 2 is 1.73 bits per heavy atom. The van der Waals surface area contributed by atoms with Crippen molar-refractivity contribution in [2.24, 2.45) is 0 Å². The van der Waals surface area contributed by atoms with Crippen molar-refractivity contribution in [2.75, 3.05) is 6.54 Å². The molecule has 0 saturated carbocycles. The van der Waals surface area contributed by atoms with Crippen LogP contribution in [0.5, 0.6) is 0 Å². The summed E-state index contributed by atoms with van der Waals surface area (Å²) in [6, 6.07) is 14.4. The second-order valence-corrected chi connectivity index (χ2v) is 5.87. The van der Waals surface area contributed by atoms with Gasteiger partial charge >= 0.3 is 0 Å². The van der Waals surface area contributed by atoms with E-state index in [1.165, 1.54) is 22.3 Å². The summed E-state index contributed by atoms with van der Waals surface area (Å²) in [5.41, 5.74) is 5.82. The van der Waals surface area contributed by atoms with Crippen molar-refractivity contribution in [1.82, 2.24) is 4.90 Å². The van der Waals surface area contributed by atoms with Gasteiger partial charge in [0.05, 0.1) is 0 Å². The average molecular weight is 289 g/mol. The monoisotopic (exact) mass is 289 g/mol. The Balaban J connectivity index is 1.75. The number of amides is 1. The standard InChI is InChI=1S/C20H19NO/c1-15-11-16(2)13-17(12-15)7-8-20(22)21-10-9-18-5-3-4-6-19(18)14-21/h3-6,11-13H,9-10,14H2,1-2H3. The van der Waals surface area contributed by atoms with Gasteiger partial charge in [-0.25, -0.2) is 0 Å². The normalized spacial score (nSPS) is 13.1. The molecule has 0 atom stereocenters. The SMILES string of the molecule is Cc1cc(C)cc(C#CC(=O)N2CCc3ccccc3C2)c1. The topological polar surface area (TPSA) is 20.3 Å². The van der Waals surface area contributed by atoms with Gasteiger partial charge < -0.3 is 4.90 Å². The van der Waals surface area contributed by atoms with Crippen LogP contribution in [0.15, 0.2) is 42.5 Å². The molecule has 2 heteroatoms. The van der Waals surface area contributed by atoms with Gasteiger partial charge in [-0.1, -0.05) is 36.3 Å². The van der Waals surface area contributed by atoms with E-state index in [4.69, 9.17) is 0 Å². The van der Waals surface area contributed by atoms with E-state index in [-0.39, 0.29) is 5.91 Å². The molecule has 2 aromatic carbocycles. The number of hydrogen-bond acceptors (Lipinski definition) is 1. The molecule has 0 fully saturated rings. The van der Waals surface area contributed by atoms with Gasteiger partial charge in [-0.05, 0) is 54.7 Å². The zero-order valence-electron chi connectivity index (χ0n) is 13.0. The first-order chi connectivity index (χ1) is 10.6. The minimum absolute atomic E-state index is 0.0892. The molecule has 0 saturated heterocycles. The predicted octanol–water partition coefficient (Wildman–Crippen LogP) is 3.24. The lowest BCUT2D eigenvalue weighted by Gasteiger charge is -2.27. The summed E-state index contributed by atoms with van der Waals surface area (Å²) in [5.74, 6) is 5.71. The molecular weight excluding hydrogens is 270 g/mol. The van der Waals surface area contributed by atoms with Crippen LogP contribution in [0.25, 0.3) is 0 Å². The van der Waals surface area contributed by atoms with Crippen LogP contribution in [0.2, 0.25) is 0 Å². The van der Waals surface area contributed by atoms with E-state index >= 15 is 0 Å². The van der Waals surface area contributed by atoms with E-state index < -0.39 is 0 Å². The van der Waals surface area contributed by atoms with Crippen LogP contribution >= 0.6 is 0 Å². The van der Waals surface area contributed by atoms with Crippen LogP contribution in [0, 0.1) is 25.7 Å². The summed E-state index contributed by atoms with van der Waals surface area (Å²) >= 11 is 0. The quantitative estimate of drug-likeness (QED) is 0.682. The molecule has 0 N–H and O–H groups in total. The first kappa shape index (κ1) is 14.4. The molecule has 1 aliphatic heterocycles. The number of carbonyl (C=O) groups is 1. The Labute approximate surface area is 131 Å². The van der Waals surface area contributed by atoms with Crippen LogP contribution in [-0.2, 0) is 17.8 Å². The number of carbonyl (C=O) groups excluding carboxylic acids is 1. The highest BCUT2D eigenvalue weighted by Gasteiger charge is 2.18. The summed E-state index contributed by atoms with van der Waals surface area (Å²) in [7, 11) is 0. The third-order valence-corrected chi connectivity index (χ3v) is 3.95. The lowest BCUT2D eigenvalue weighted by molar-refractivity contribution is -0.125. The van der Waals surface area contributed by atoms with Crippen molar-refractivity contribution in [2.45, 2.75) is 26.8 Å². The molecular formula is C20H19NO. The van der Waals surface area contributed by atoms with Crippen molar-refractivity contribution in [3.05, 3.63) is 70.3 Å². The molecule has 0 aliphatic carbocycles. The predicted molar refractivity (Wildman–Crippen MR) is 88.4 cm³/mol. The fourth-order valence-electron chi connectivity index (χ4n) is 2.92. The molecule has 3 rings (SSSR count). The second-order valence-electron chi connectivity index (χ2n) is 5.87. The van der Waals surface area contributed by atoms with Gasteiger partial charge in [0.2, 0.25) is 0 Å². The Hall–Kier alpha value is -2.53. The molecule has 0 bridgehead atoms. The average Bonchev–Trinajstić information content (AvgIpc) is 2.51. The van der Waals surface area contributed by atoms with E-state index in [2.05, 4.69) is 36.1 Å². The lowest BCUT2D eigenvalue weighted by atomic mass is 10.00. The number of aryl methyl sites for hydroxylation is 2. The fraction of sp³-hybridized carbons (Fsp3) is 0.250. The van der Waals surface area contributed by atoms with Crippen molar-refractivity contribution in [3.8, 4) is 11.8 Å². The molecule has 1 heterocycles. The Morgan fingerprint density at radius 3 is 2.45 bits per heavy atom. The highest BCUT2D eigenvalue weighted by Crippen LogP contribution is 2.18. The largest absolute Gasteiger partial charge is 0.327 e. The molecule has 0 unspecified atom stereocenters. The molecule has 1 amide bonds. The molecule has 0 spiro atoms. The Kier molecular flexibility index (Phi) is 3.98. The van der Waals surface area contributed by atoms with E-state index in [0.29, 0.717) is 6.54 Å². The summed E-state index contributed by atoms with van der Waals surface area (Å²) in [4.78, 5) is 14.1. The maximum absolute atomic E-state index is 12.3. The number of nitrogens with zero attached hydrogens (tertiary/aromatic N) is 1.